The van der Waals surface area contributed by atoms with Crippen molar-refractivity contribution in [1.29, 1.82) is 0 Å². The number of rotatable bonds is 5. The van der Waals surface area contributed by atoms with Crippen molar-refractivity contribution in [1.82, 2.24) is 0 Å². The van der Waals surface area contributed by atoms with E-state index in [4.69, 9.17) is 16.3 Å². The average Bonchev–Trinajstić information content (AvgIpc) is 3.00. The number of ether oxygens (including phenoxy) is 1. The van der Waals surface area contributed by atoms with Crippen molar-refractivity contribution < 1.29 is 23.1 Å². The van der Waals surface area contributed by atoms with E-state index in [1.807, 2.05) is 6.92 Å². The molecule has 0 aliphatic rings. The van der Waals surface area contributed by atoms with Gasteiger partial charge in [0.25, 0.3) is 5.91 Å². The Balaban J connectivity index is 2.05. The van der Waals surface area contributed by atoms with Crippen molar-refractivity contribution in [2.75, 3.05) is 11.9 Å². The number of nitrogens with one attached hydrogen (secondary N) is 1. The first-order valence-corrected chi connectivity index (χ1v) is 9.84. The SMILES string of the molecule is CCOC(=O)c1c(NC(=O)c2ccc(F)c(F)c2)sc(C)c1-c1ccc(Cl)cc1. The van der Waals surface area contributed by atoms with E-state index in [-0.39, 0.29) is 22.7 Å². The van der Waals surface area contributed by atoms with E-state index < -0.39 is 23.5 Å². The van der Waals surface area contributed by atoms with Gasteiger partial charge in [0.2, 0.25) is 0 Å². The van der Waals surface area contributed by atoms with Gasteiger partial charge in [0.1, 0.15) is 10.6 Å². The molecule has 2 aromatic carbocycles. The monoisotopic (exact) mass is 435 g/mol. The summed E-state index contributed by atoms with van der Waals surface area (Å²) in [7, 11) is 0. The normalized spacial score (nSPS) is 10.7. The second-order valence-electron chi connectivity index (χ2n) is 6.05. The van der Waals surface area contributed by atoms with Crippen LogP contribution in [0.15, 0.2) is 42.5 Å². The number of hydrogen-bond donors (Lipinski definition) is 1. The van der Waals surface area contributed by atoms with Crippen molar-refractivity contribution in [2.24, 2.45) is 0 Å². The van der Waals surface area contributed by atoms with E-state index >= 15 is 0 Å². The molecule has 29 heavy (non-hydrogen) atoms. The van der Waals surface area contributed by atoms with E-state index in [0.29, 0.717) is 10.6 Å². The fraction of sp³-hybridized carbons (Fsp3) is 0.143. The van der Waals surface area contributed by atoms with Crippen LogP contribution >= 0.6 is 22.9 Å². The van der Waals surface area contributed by atoms with Crippen molar-refractivity contribution in [3.8, 4) is 11.1 Å². The number of anilines is 1. The number of esters is 1. The molecule has 8 heteroatoms. The zero-order valence-corrected chi connectivity index (χ0v) is 17.1. The van der Waals surface area contributed by atoms with Crippen molar-refractivity contribution >= 4 is 39.8 Å². The van der Waals surface area contributed by atoms with Gasteiger partial charge in [-0.25, -0.2) is 13.6 Å². The minimum atomic E-state index is -1.13. The third-order valence-electron chi connectivity index (χ3n) is 4.11. The van der Waals surface area contributed by atoms with Crippen molar-refractivity contribution in [2.45, 2.75) is 13.8 Å². The highest BCUT2D eigenvalue weighted by molar-refractivity contribution is 7.17. The van der Waals surface area contributed by atoms with Crippen LogP contribution in [-0.4, -0.2) is 18.5 Å². The molecule has 3 rings (SSSR count). The predicted molar refractivity (Wildman–Crippen MR) is 110 cm³/mol. The lowest BCUT2D eigenvalue weighted by Crippen LogP contribution is -2.15. The zero-order chi connectivity index (χ0) is 21.1. The zero-order valence-electron chi connectivity index (χ0n) is 15.5. The van der Waals surface area contributed by atoms with E-state index in [2.05, 4.69) is 5.32 Å². The number of hydrogen-bond acceptors (Lipinski definition) is 4. The predicted octanol–water partition coefficient (Wildman–Crippen LogP) is 6.08. The Morgan fingerprint density at radius 3 is 2.41 bits per heavy atom. The average molecular weight is 436 g/mol. The van der Waals surface area contributed by atoms with E-state index in [1.165, 1.54) is 17.4 Å². The van der Waals surface area contributed by atoms with Gasteiger partial charge in [0.15, 0.2) is 11.6 Å². The molecule has 1 amide bonds. The number of carbonyl (C=O) groups excluding carboxylic acids is 2. The Morgan fingerprint density at radius 1 is 1.10 bits per heavy atom. The molecule has 1 N–H and O–H groups in total. The summed E-state index contributed by atoms with van der Waals surface area (Å²) in [5.41, 5.74) is 1.48. The van der Waals surface area contributed by atoms with Crippen LogP contribution in [0.1, 0.15) is 32.5 Å². The topological polar surface area (TPSA) is 55.4 Å². The quantitative estimate of drug-likeness (QED) is 0.494. The molecule has 0 saturated carbocycles. The number of aryl methyl sites for hydroxylation is 1. The van der Waals surface area contributed by atoms with Gasteiger partial charge in [-0.3, -0.25) is 4.79 Å². The fourth-order valence-corrected chi connectivity index (χ4v) is 3.99. The summed E-state index contributed by atoms with van der Waals surface area (Å²) in [6.07, 6.45) is 0. The Bertz CT molecular complexity index is 1080. The number of amides is 1. The molecule has 4 nitrogen and oxygen atoms in total. The summed E-state index contributed by atoms with van der Waals surface area (Å²) >= 11 is 7.14. The number of carbonyl (C=O) groups is 2. The number of thiophene rings is 1. The summed E-state index contributed by atoms with van der Waals surface area (Å²) in [6.45, 7) is 3.65. The van der Waals surface area contributed by atoms with Gasteiger partial charge in [-0.1, -0.05) is 23.7 Å². The lowest BCUT2D eigenvalue weighted by molar-refractivity contribution is 0.0529. The summed E-state index contributed by atoms with van der Waals surface area (Å²) in [6, 6.07) is 9.76. The molecule has 0 atom stereocenters. The van der Waals surface area contributed by atoms with Gasteiger partial charge in [0.05, 0.1) is 6.61 Å². The first kappa shape index (κ1) is 21.0. The van der Waals surface area contributed by atoms with Gasteiger partial charge < -0.3 is 10.1 Å². The van der Waals surface area contributed by atoms with Crippen LogP contribution in [0.2, 0.25) is 5.02 Å². The van der Waals surface area contributed by atoms with E-state index in [9.17, 15) is 18.4 Å². The van der Waals surface area contributed by atoms with E-state index in [1.54, 1.807) is 31.2 Å². The van der Waals surface area contributed by atoms with Crippen LogP contribution in [0.4, 0.5) is 13.8 Å². The highest BCUT2D eigenvalue weighted by Crippen LogP contribution is 2.41. The molecule has 0 unspecified atom stereocenters. The second kappa shape index (κ2) is 8.71. The smallest absolute Gasteiger partial charge is 0.341 e. The summed E-state index contributed by atoms with van der Waals surface area (Å²) < 4.78 is 31.8. The van der Waals surface area contributed by atoms with Crippen LogP contribution in [-0.2, 0) is 4.74 Å². The largest absolute Gasteiger partial charge is 0.462 e. The maximum atomic E-state index is 13.5. The van der Waals surface area contributed by atoms with Gasteiger partial charge >= 0.3 is 5.97 Å². The second-order valence-corrected chi connectivity index (χ2v) is 7.71. The van der Waals surface area contributed by atoms with Gasteiger partial charge in [-0.15, -0.1) is 11.3 Å². The first-order chi connectivity index (χ1) is 13.8. The molecule has 0 fully saturated rings. The van der Waals surface area contributed by atoms with Crippen LogP contribution < -0.4 is 5.32 Å². The lowest BCUT2D eigenvalue weighted by atomic mass is 10.0. The highest BCUT2D eigenvalue weighted by atomic mass is 35.5. The molecule has 0 spiro atoms. The maximum Gasteiger partial charge on any atom is 0.341 e. The Kier molecular flexibility index (Phi) is 6.30. The third-order valence-corrected chi connectivity index (χ3v) is 5.38. The lowest BCUT2D eigenvalue weighted by Gasteiger charge is -2.09. The van der Waals surface area contributed by atoms with Gasteiger partial charge in [0, 0.05) is 21.0 Å². The Morgan fingerprint density at radius 2 is 1.79 bits per heavy atom. The van der Waals surface area contributed by atoms with Gasteiger partial charge in [-0.05, 0) is 49.7 Å². The van der Waals surface area contributed by atoms with Crippen LogP contribution in [0.3, 0.4) is 0 Å². The molecule has 150 valence electrons. The Labute approximate surface area is 175 Å². The fourth-order valence-electron chi connectivity index (χ4n) is 2.81. The standard InChI is InChI=1S/C21H16ClF2NO3S/c1-3-28-21(27)18-17(12-4-7-14(22)8-5-12)11(2)29-20(18)25-19(26)13-6-9-15(23)16(24)10-13/h4-10H,3H2,1-2H3,(H,25,26). The first-order valence-electron chi connectivity index (χ1n) is 8.64. The molecule has 0 bridgehead atoms. The number of benzene rings is 2. The van der Waals surface area contributed by atoms with Gasteiger partial charge in [-0.2, -0.15) is 0 Å². The van der Waals surface area contributed by atoms with Crippen LogP contribution in [0.5, 0.6) is 0 Å². The summed E-state index contributed by atoms with van der Waals surface area (Å²) in [5.74, 6) is -3.45. The van der Waals surface area contributed by atoms with E-state index in [0.717, 1.165) is 22.6 Å². The van der Waals surface area contributed by atoms with Crippen molar-refractivity contribution in [3.05, 3.63) is 75.1 Å². The molecule has 0 radical (unpaired) electrons. The highest BCUT2D eigenvalue weighted by Gasteiger charge is 2.26. The molecule has 0 saturated heterocycles. The molecule has 3 aromatic rings. The number of halogens is 3. The third kappa shape index (κ3) is 4.46. The Hall–Kier alpha value is -2.77. The molecular formula is C21H16ClF2NO3S. The molecule has 1 heterocycles. The molecule has 1 aromatic heterocycles. The maximum absolute atomic E-state index is 13.5. The minimum absolute atomic E-state index is 0.0715. The minimum Gasteiger partial charge on any atom is -0.462 e. The molecule has 0 aliphatic heterocycles. The van der Waals surface area contributed by atoms with Crippen LogP contribution in [0, 0.1) is 18.6 Å². The molecule has 0 aliphatic carbocycles. The molecular weight excluding hydrogens is 420 g/mol. The summed E-state index contributed by atoms with van der Waals surface area (Å²) in [5, 5.41) is 3.43. The van der Waals surface area contributed by atoms with Crippen molar-refractivity contribution in [3.63, 3.8) is 0 Å². The summed E-state index contributed by atoms with van der Waals surface area (Å²) in [4.78, 5) is 26.0. The van der Waals surface area contributed by atoms with Crippen LogP contribution in [0.25, 0.3) is 11.1 Å².